The first-order valence-electron chi connectivity index (χ1n) is 11.1. The van der Waals surface area contributed by atoms with E-state index in [0.29, 0.717) is 12.5 Å². The summed E-state index contributed by atoms with van der Waals surface area (Å²) in [4.78, 5) is -0.535. The van der Waals surface area contributed by atoms with Gasteiger partial charge in [0.05, 0.1) is 16.0 Å². The molecule has 3 aromatic rings. The average molecular weight is 519 g/mol. The largest absolute Gasteiger partial charge is 0.507 e. The van der Waals surface area contributed by atoms with Crippen molar-refractivity contribution in [2.75, 3.05) is 12.3 Å². The third-order valence-corrected chi connectivity index (χ3v) is 8.37. The van der Waals surface area contributed by atoms with Crippen LogP contribution >= 0.6 is 0 Å². The van der Waals surface area contributed by atoms with E-state index in [-0.39, 0.29) is 32.7 Å². The van der Waals surface area contributed by atoms with E-state index in [1.165, 1.54) is 30.7 Å². The smallest absolute Gasteiger partial charge is 0.294 e. The SMILES string of the molecule is Nc1ccc2cc(S(=O)(=O)O)cc(O)c2c1N=Nc1ccccc1S(=O)(=O)NCC1CCCCC1. The van der Waals surface area contributed by atoms with Crippen molar-refractivity contribution in [1.82, 2.24) is 4.72 Å². The molecule has 5 N–H and O–H groups in total. The van der Waals surface area contributed by atoms with Gasteiger partial charge in [0.1, 0.15) is 22.0 Å². The predicted octanol–water partition coefficient (Wildman–Crippen LogP) is 4.65. The van der Waals surface area contributed by atoms with Crippen LogP contribution < -0.4 is 10.5 Å². The average Bonchev–Trinajstić information content (AvgIpc) is 2.82. The van der Waals surface area contributed by atoms with Gasteiger partial charge in [0, 0.05) is 12.6 Å². The minimum atomic E-state index is -4.55. The molecule has 0 aromatic heterocycles. The summed E-state index contributed by atoms with van der Waals surface area (Å²) >= 11 is 0. The Balaban J connectivity index is 1.69. The first-order chi connectivity index (χ1) is 16.6. The number of phenolic OH excluding ortho intramolecular Hbond substituents is 1. The number of hydrogen-bond donors (Lipinski definition) is 4. The number of anilines is 1. The third-order valence-electron chi connectivity index (χ3n) is 6.07. The number of phenols is 1. The third kappa shape index (κ3) is 5.61. The van der Waals surface area contributed by atoms with Crippen LogP contribution in [0.5, 0.6) is 5.75 Å². The zero-order valence-electron chi connectivity index (χ0n) is 18.8. The molecule has 1 aliphatic rings. The van der Waals surface area contributed by atoms with Gasteiger partial charge in [0.15, 0.2) is 0 Å². The van der Waals surface area contributed by atoms with Crippen molar-refractivity contribution in [3.63, 3.8) is 0 Å². The topological polar surface area (TPSA) is 172 Å². The Morgan fingerprint density at radius 1 is 0.971 bits per heavy atom. The van der Waals surface area contributed by atoms with Crippen molar-refractivity contribution in [2.45, 2.75) is 41.9 Å². The number of azo groups is 1. The lowest BCUT2D eigenvalue weighted by molar-refractivity contribution is 0.357. The highest BCUT2D eigenvalue weighted by Crippen LogP contribution is 2.40. The van der Waals surface area contributed by atoms with Crippen LogP contribution in [0, 0.1) is 5.92 Å². The Kier molecular flexibility index (Phi) is 7.08. The zero-order valence-corrected chi connectivity index (χ0v) is 20.4. The quantitative estimate of drug-likeness (QED) is 0.200. The number of nitrogen functional groups attached to an aromatic ring is 1. The molecule has 0 radical (unpaired) electrons. The van der Waals surface area contributed by atoms with Gasteiger partial charge in [-0.2, -0.15) is 8.42 Å². The van der Waals surface area contributed by atoms with E-state index in [1.54, 1.807) is 12.1 Å². The fourth-order valence-electron chi connectivity index (χ4n) is 4.24. The van der Waals surface area contributed by atoms with Crippen molar-refractivity contribution < 1.29 is 26.5 Å². The maximum absolute atomic E-state index is 13.0. The lowest BCUT2D eigenvalue weighted by atomic mass is 9.90. The van der Waals surface area contributed by atoms with Crippen LogP contribution in [0.25, 0.3) is 10.8 Å². The molecule has 12 heteroatoms. The van der Waals surface area contributed by atoms with Crippen molar-refractivity contribution in [2.24, 2.45) is 16.1 Å². The van der Waals surface area contributed by atoms with Crippen molar-refractivity contribution in [1.29, 1.82) is 0 Å². The van der Waals surface area contributed by atoms with Crippen molar-refractivity contribution >= 4 is 48.0 Å². The molecule has 0 aliphatic heterocycles. The van der Waals surface area contributed by atoms with Gasteiger partial charge in [0.25, 0.3) is 10.1 Å². The lowest BCUT2D eigenvalue weighted by Crippen LogP contribution is -2.30. The van der Waals surface area contributed by atoms with Crippen molar-refractivity contribution in [3.05, 3.63) is 48.5 Å². The predicted molar refractivity (Wildman–Crippen MR) is 132 cm³/mol. The Morgan fingerprint density at radius 2 is 1.69 bits per heavy atom. The number of nitrogens with zero attached hydrogens (tertiary/aromatic N) is 2. The van der Waals surface area contributed by atoms with Gasteiger partial charge < -0.3 is 10.8 Å². The molecule has 1 fully saturated rings. The molecule has 4 rings (SSSR count). The molecule has 0 amide bonds. The van der Waals surface area contributed by atoms with Crippen LogP contribution in [0.2, 0.25) is 0 Å². The normalized spacial score (nSPS) is 15.7. The number of nitrogens with two attached hydrogens (primary N) is 1. The number of nitrogens with one attached hydrogen (secondary N) is 1. The first-order valence-corrected chi connectivity index (χ1v) is 14.0. The Labute approximate surface area is 203 Å². The molecular formula is C23H26N4O6S2. The van der Waals surface area contributed by atoms with Crippen molar-refractivity contribution in [3.8, 4) is 5.75 Å². The van der Waals surface area contributed by atoms with Crippen LogP contribution in [0.1, 0.15) is 32.1 Å². The van der Waals surface area contributed by atoms with E-state index in [9.17, 15) is 26.5 Å². The van der Waals surface area contributed by atoms with Gasteiger partial charge in [0.2, 0.25) is 10.0 Å². The molecule has 0 atom stereocenters. The Bertz CT molecular complexity index is 1500. The fourth-order valence-corrected chi connectivity index (χ4v) is 6.03. The number of fused-ring (bicyclic) bond motifs is 1. The number of rotatable bonds is 7. The number of hydrogen-bond acceptors (Lipinski definition) is 8. The van der Waals surface area contributed by atoms with Gasteiger partial charge in [-0.05, 0) is 48.4 Å². The van der Waals surface area contributed by atoms with Crippen LogP contribution in [-0.2, 0) is 20.1 Å². The molecule has 1 saturated carbocycles. The number of benzene rings is 3. The van der Waals surface area contributed by atoms with Crippen LogP contribution in [0.4, 0.5) is 17.1 Å². The summed E-state index contributed by atoms with van der Waals surface area (Å²) in [6.07, 6.45) is 5.36. The summed E-state index contributed by atoms with van der Waals surface area (Å²) in [5, 5.41) is 19.0. The minimum absolute atomic E-state index is 0.0317. The molecule has 0 saturated heterocycles. The molecule has 0 unspecified atom stereocenters. The summed E-state index contributed by atoms with van der Waals surface area (Å²) < 4.78 is 61.0. The lowest BCUT2D eigenvalue weighted by Gasteiger charge is -2.21. The van der Waals surface area contributed by atoms with E-state index < -0.39 is 30.8 Å². The van der Waals surface area contributed by atoms with E-state index in [1.807, 2.05) is 0 Å². The molecule has 0 spiro atoms. The van der Waals surface area contributed by atoms with Gasteiger partial charge in [-0.1, -0.05) is 37.5 Å². The molecule has 3 aromatic carbocycles. The standard InChI is InChI=1S/C23H26N4O6S2/c24-18-11-10-16-12-17(35(31,32)33)13-20(28)22(16)23(18)27-26-19-8-4-5-9-21(19)34(29,30)25-14-15-6-2-1-3-7-15/h4-5,8-13,15,25,28H,1-3,6-7,14,24H2,(H,31,32,33). The molecular weight excluding hydrogens is 492 g/mol. The number of sulfonamides is 1. The fraction of sp³-hybridized carbons (Fsp3) is 0.304. The van der Waals surface area contributed by atoms with Gasteiger partial charge >= 0.3 is 0 Å². The summed E-state index contributed by atoms with van der Waals surface area (Å²) in [5.41, 5.74) is 6.28. The van der Waals surface area contributed by atoms with E-state index in [2.05, 4.69) is 15.0 Å². The first kappa shape index (κ1) is 25.0. The second-order valence-corrected chi connectivity index (χ2v) is 11.7. The summed E-state index contributed by atoms with van der Waals surface area (Å²) in [6, 6.07) is 11.1. The van der Waals surface area contributed by atoms with Gasteiger partial charge in [-0.25, -0.2) is 13.1 Å². The molecule has 0 heterocycles. The van der Waals surface area contributed by atoms with E-state index in [0.717, 1.165) is 37.8 Å². The monoisotopic (exact) mass is 518 g/mol. The van der Waals surface area contributed by atoms with E-state index >= 15 is 0 Å². The Morgan fingerprint density at radius 3 is 2.40 bits per heavy atom. The van der Waals surface area contributed by atoms with Gasteiger partial charge in [-0.15, -0.1) is 10.2 Å². The highest BCUT2D eigenvalue weighted by atomic mass is 32.2. The summed E-state index contributed by atoms with van der Waals surface area (Å²) in [7, 11) is -8.41. The summed E-state index contributed by atoms with van der Waals surface area (Å²) in [6.45, 7) is 0.355. The van der Waals surface area contributed by atoms with E-state index in [4.69, 9.17) is 5.73 Å². The maximum atomic E-state index is 13.0. The maximum Gasteiger partial charge on any atom is 0.294 e. The minimum Gasteiger partial charge on any atom is -0.507 e. The number of aromatic hydroxyl groups is 1. The molecule has 10 nitrogen and oxygen atoms in total. The molecule has 0 bridgehead atoms. The Hall–Kier alpha value is -3.06. The molecule has 35 heavy (non-hydrogen) atoms. The zero-order chi connectivity index (χ0) is 25.2. The molecule has 1 aliphatic carbocycles. The second kappa shape index (κ2) is 9.90. The van der Waals surface area contributed by atoms with Crippen LogP contribution in [0.3, 0.4) is 0 Å². The van der Waals surface area contributed by atoms with Crippen LogP contribution in [0.15, 0.2) is 68.6 Å². The molecule has 186 valence electrons. The van der Waals surface area contributed by atoms with Crippen LogP contribution in [-0.4, -0.2) is 33.0 Å². The second-order valence-electron chi connectivity index (χ2n) is 8.54. The highest BCUT2D eigenvalue weighted by Gasteiger charge is 2.22. The van der Waals surface area contributed by atoms with Gasteiger partial charge in [-0.3, -0.25) is 4.55 Å². The summed E-state index contributed by atoms with van der Waals surface area (Å²) in [5.74, 6) is -0.176. The highest BCUT2D eigenvalue weighted by molar-refractivity contribution is 7.89.